The summed E-state index contributed by atoms with van der Waals surface area (Å²) in [6.45, 7) is 2.58. The highest BCUT2D eigenvalue weighted by molar-refractivity contribution is 8.00. The van der Waals surface area contributed by atoms with E-state index in [-0.39, 0.29) is 11.7 Å². The Morgan fingerprint density at radius 2 is 1.72 bits per heavy atom. The molecule has 0 atom stereocenters. The fraction of sp³-hybridized carbons (Fsp3) is 0.130. The van der Waals surface area contributed by atoms with Gasteiger partial charge in [-0.1, -0.05) is 41.4 Å². The molecule has 29 heavy (non-hydrogen) atoms. The number of hydrogen-bond donors (Lipinski definition) is 1. The average Bonchev–Trinajstić information content (AvgIpc) is 2.74. The van der Waals surface area contributed by atoms with Crippen molar-refractivity contribution in [2.24, 2.45) is 5.10 Å². The molecule has 1 amide bonds. The van der Waals surface area contributed by atoms with Crippen LogP contribution in [0.25, 0.3) is 0 Å². The molecule has 0 aliphatic heterocycles. The number of amides is 1. The van der Waals surface area contributed by atoms with Gasteiger partial charge in [-0.3, -0.25) is 4.79 Å². The third-order valence-electron chi connectivity index (χ3n) is 3.99. The maximum absolute atomic E-state index is 11.9. The molecular formula is C23H21ClN2O2S. The van der Waals surface area contributed by atoms with Gasteiger partial charge in [0.1, 0.15) is 12.4 Å². The van der Waals surface area contributed by atoms with E-state index in [2.05, 4.69) is 41.7 Å². The number of hydrogen-bond acceptors (Lipinski definition) is 4. The molecule has 0 aliphatic carbocycles. The van der Waals surface area contributed by atoms with E-state index in [1.54, 1.807) is 18.3 Å². The molecule has 0 saturated carbocycles. The highest BCUT2D eigenvalue weighted by Gasteiger charge is 2.02. The van der Waals surface area contributed by atoms with E-state index in [1.807, 2.05) is 36.4 Å². The maximum atomic E-state index is 11.9. The normalized spacial score (nSPS) is 10.8. The van der Waals surface area contributed by atoms with Crippen molar-refractivity contribution in [1.82, 2.24) is 5.43 Å². The Balaban J connectivity index is 1.41. The first-order valence-corrected chi connectivity index (χ1v) is 10.4. The summed E-state index contributed by atoms with van der Waals surface area (Å²) in [6, 6.07) is 23.2. The minimum absolute atomic E-state index is 0.167. The van der Waals surface area contributed by atoms with Gasteiger partial charge in [0.05, 0.1) is 12.0 Å². The highest BCUT2D eigenvalue weighted by Crippen LogP contribution is 2.20. The SMILES string of the molecule is Cc1ccc(COc2ccc(/C=N\NC(=O)CSc3ccc(Cl)cc3)cc2)cc1. The van der Waals surface area contributed by atoms with E-state index in [0.29, 0.717) is 11.6 Å². The molecule has 0 spiro atoms. The lowest BCUT2D eigenvalue weighted by Gasteiger charge is -2.07. The fourth-order valence-electron chi connectivity index (χ4n) is 2.39. The van der Waals surface area contributed by atoms with E-state index in [4.69, 9.17) is 16.3 Å². The lowest BCUT2D eigenvalue weighted by Crippen LogP contribution is -2.19. The van der Waals surface area contributed by atoms with Crippen LogP contribution in [0, 0.1) is 6.92 Å². The molecule has 3 rings (SSSR count). The Bertz CT molecular complexity index is 956. The van der Waals surface area contributed by atoms with E-state index < -0.39 is 0 Å². The van der Waals surface area contributed by atoms with Gasteiger partial charge >= 0.3 is 0 Å². The Hall–Kier alpha value is -2.76. The van der Waals surface area contributed by atoms with Crippen molar-refractivity contribution in [2.75, 3.05) is 5.75 Å². The van der Waals surface area contributed by atoms with Crippen LogP contribution in [0.2, 0.25) is 5.02 Å². The van der Waals surface area contributed by atoms with Crippen molar-refractivity contribution in [3.05, 3.63) is 94.5 Å². The molecule has 3 aromatic carbocycles. The van der Waals surface area contributed by atoms with Crippen molar-refractivity contribution in [2.45, 2.75) is 18.4 Å². The molecule has 0 unspecified atom stereocenters. The number of ether oxygens (including phenoxy) is 1. The molecule has 0 fully saturated rings. The largest absolute Gasteiger partial charge is 0.489 e. The van der Waals surface area contributed by atoms with Crippen LogP contribution in [0.5, 0.6) is 5.75 Å². The second kappa shape index (κ2) is 10.7. The molecule has 0 radical (unpaired) electrons. The lowest BCUT2D eigenvalue weighted by molar-refractivity contribution is -0.118. The monoisotopic (exact) mass is 424 g/mol. The Morgan fingerprint density at radius 3 is 2.41 bits per heavy atom. The van der Waals surface area contributed by atoms with E-state index in [9.17, 15) is 4.79 Å². The van der Waals surface area contributed by atoms with E-state index in [0.717, 1.165) is 21.8 Å². The minimum Gasteiger partial charge on any atom is -0.489 e. The summed E-state index contributed by atoms with van der Waals surface area (Å²) in [5.41, 5.74) is 5.76. The zero-order valence-electron chi connectivity index (χ0n) is 16.0. The topological polar surface area (TPSA) is 50.7 Å². The van der Waals surface area contributed by atoms with Gasteiger partial charge in [-0.15, -0.1) is 11.8 Å². The summed E-state index contributed by atoms with van der Waals surface area (Å²) >= 11 is 7.27. The highest BCUT2D eigenvalue weighted by atomic mass is 35.5. The zero-order valence-corrected chi connectivity index (χ0v) is 17.5. The molecule has 1 N–H and O–H groups in total. The third-order valence-corrected chi connectivity index (χ3v) is 5.26. The van der Waals surface area contributed by atoms with Crippen molar-refractivity contribution in [3.63, 3.8) is 0 Å². The number of halogens is 1. The molecular weight excluding hydrogens is 404 g/mol. The molecule has 4 nitrogen and oxygen atoms in total. The summed E-state index contributed by atoms with van der Waals surface area (Å²) in [7, 11) is 0. The Kier molecular flexibility index (Phi) is 7.73. The van der Waals surface area contributed by atoms with Crippen molar-refractivity contribution in [3.8, 4) is 5.75 Å². The molecule has 3 aromatic rings. The van der Waals surface area contributed by atoms with E-state index in [1.165, 1.54) is 17.3 Å². The van der Waals surface area contributed by atoms with E-state index >= 15 is 0 Å². The second-order valence-electron chi connectivity index (χ2n) is 6.38. The molecule has 0 saturated heterocycles. The van der Waals surface area contributed by atoms with Crippen LogP contribution < -0.4 is 10.2 Å². The number of nitrogens with one attached hydrogen (secondary N) is 1. The van der Waals surface area contributed by atoms with Gasteiger partial charge in [0, 0.05) is 9.92 Å². The first-order valence-electron chi connectivity index (χ1n) is 9.07. The summed E-state index contributed by atoms with van der Waals surface area (Å²) in [5.74, 6) is 0.899. The van der Waals surface area contributed by atoms with Crippen LogP contribution in [0.15, 0.2) is 82.8 Å². The number of carbonyl (C=O) groups excluding carboxylic acids is 1. The van der Waals surface area contributed by atoms with Gasteiger partial charge in [0.25, 0.3) is 0 Å². The predicted octanol–water partition coefficient (Wildman–Crippen LogP) is 5.47. The predicted molar refractivity (Wildman–Crippen MR) is 120 cm³/mol. The third kappa shape index (κ3) is 7.29. The number of benzene rings is 3. The lowest BCUT2D eigenvalue weighted by atomic mass is 10.2. The standard InChI is InChI=1S/C23H21ClN2O2S/c1-17-2-4-19(5-3-17)15-28-21-10-6-18(7-11-21)14-25-26-23(27)16-29-22-12-8-20(24)9-13-22/h2-14H,15-16H2,1H3,(H,26,27)/b25-14-. The first-order chi connectivity index (χ1) is 14.1. The number of thioether (sulfide) groups is 1. The molecule has 148 valence electrons. The van der Waals surface area contributed by atoms with Crippen LogP contribution in [0.4, 0.5) is 0 Å². The van der Waals surface area contributed by atoms with Gasteiger partial charge in [0.15, 0.2) is 0 Å². The van der Waals surface area contributed by atoms with Crippen LogP contribution in [-0.4, -0.2) is 17.9 Å². The van der Waals surface area contributed by atoms with Gasteiger partial charge in [0.2, 0.25) is 5.91 Å². The molecule has 0 aromatic heterocycles. The van der Waals surface area contributed by atoms with Crippen LogP contribution in [0.1, 0.15) is 16.7 Å². The van der Waals surface area contributed by atoms with Gasteiger partial charge < -0.3 is 4.74 Å². The van der Waals surface area contributed by atoms with Crippen LogP contribution in [-0.2, 0) is 11.4 Å². The number of aryl methyl sites for hydroxylation is 1. The van der Waals surface area contributed by atoms with Crippen LogP contribution in [0.3, 0.4) is 0 Å². The van der Waals surface area contributed by atoms with Crippen molar-refractivity contribution >= 4 is 35.5 Å². The number of carbonyl (C=O) groups is 1. The molecule has 0 bridgehead atoms. The number of nitrogens with zero attached hydrogens (tertiary/aromatic N) is 1. The first kappa shape index (κ1) is 21.0. The maximum Gasteiger partial charge on any atom is 0.250 e. The van der Waals surface area contributed by atoms with Crippen LogP contribution >= 0.6 is 23.4 Å². The van der Waals surface area contributed by atoms with Gasteiger partial charge in [-0.25, -0.2) is 5.43 Å². The molecule has 6 heteroatoms. The van der Waals surface area contributed by atoms with Crippen molar-refractivity contribution < 1.29 is 9.53 Å². The smallest absolute Gasteiger partial charge is 0.250 e. The summed E-state index contributed by atoms with van der Waals surface area (Å²) in [6.07, 6.45) is 1.61. The van der Waals surface area contributed by atoms with Gasteiger partial charge in [-0.05, 0) is 66.6 Å². The average molecular weight is 425 g/mol. The number of hydrazone groups is 1. The summed E-state index contributed by atoms with van der Waals surface area (Å²) in [5, 5.41) is 4.68. The quantitative estimate of drug-likeness (QED) is 0.296. The fourth-order valence-corrected chi connectivity index (χ4v) is 3.21. The minimum atomic E-state index is -0.167. The summed E-state index contributed by atoms with van der Waals surface area (Å²) in [4.78, 5) is 12.9. The number of rotatable bonds is 8. The van der Waals surface area contributed by atoms with Crippen molar-refractivity contribution in [1.29, 1.82) is 0 Å². The molecule has 0 aliphatic rings. The second-order valence-corrected chi connectivity index (χ2v) is 7.86. The zero-order chi connectivity index (χ0) is 20.5. The summed E-state index contributed by atoms with van der Waals surface area (Å²) < 4.78 is 5.79. The Labute approximate surface area is 179 Å². The Morgan fingerprint density at radius 1 is 1.03 bits per heavy atom. The van der Waals surface area contributed by atoms with Gasteiger partial charge in [-0.2, -0.15) is 5.10 Å². The molecule has 0 heterocycles.